The van der Waals surface area contributed by atoms with Crippen LogP contribution < -0.4 is 5.32 Å². The number of nitrogens with one attached hydrogen (secondary N) is 1. The summed E-state index contributed by atoms with van der Waals surface area (Å²) in [6.07, 6.45) is 0.986. The Kier molecular flexibility index (Phi) is 5.86. The number of carbonyl (C=O) groups is 2. The number of fused-ring (bicyclic) bond motifs is 1. The fraction of sp³-hybridized carbons (Fsp3) is 0.261. The van der Waals surface area contributed by atoms with E-state index in [-0.39, 0.29) is 18.4 Å². The Hall–Kier alpha value is -3.12. The van der Waals surface area contributed by atoms with E-state index in [0.717, 1.165) is 23.2 Å². The molecule has 0 bridgehead atoms. The predicted molar refractivity (Wildman–Crippen MR) is 116 cm³/mol. The molecule has 0 saturated carbocycles. The molecule has 3 aromatic rings. The molecule has 2 heterocycles. The molecule has 154 valence electrons. The third-order valence-electron chi connectivity index (χ3n) is 5.26. The summed E-state index contributed by atoms with van der Waals surface area (Å²) in [5.74, 6) is -0.356. The molecule has 0 atom stereocenters. The van der Waals surface area contributed by atoms with Gasteiger partial charge in [-0.25, -0.2) is 0 Å². The molecule has 0 radical (unpaired) electrons. The Morgan fingerprint density at radius 2 is 1.77 bits per heavy atom. The minimum Gasteiger partial charge on any atom is -0.350 e. The monoisotopic (exact) mass is 422 g/mol. The molecule has 0 saturated heterocycles. The Bertz CT molecular complexity index is 1060. The van der Waals surface area contributed by atoms with Crippen molar-refractivity contribution in [2.24, 2.45) is 0 Å². The molecule has 0 unspecified atom stereocenters. The van der Waals surface area contributed by atoms with Crippen LogP contribution in [-0.2, 0) is 24.3 Å². The molecule has 1 aliphatic heterocycles. The van der Waals surface area contributed by atoms with Crippen molar-refractivity contribution >= 4 is 23.4 Å². The molecule has 0 aliphatic carbocycles. The number of hydrogen-bond donors (Lipinski definition) is 1. The smallest absolute Gasteiger partial charge is 0.272 e. The number of carbonyl (C=O) groups excluding carboxylic acids is 2. The van der Waals surface area contributed by atoms with Crippen molar-refractivity contribution in [3.63, 3.8) is 0 Å². The van der Waals surface area contributed by atoms with E-state index in [0.29, 0.717) is 30.4 Å². The van der Waals surface area contributed by atoms with Crippen molar-refractivity contribution in [2.75, 3.05) is 13.1 Å². The van der Waals surface area contributed by atoms with Crippen molar-refractivity contribution in [3.8, 4) is 11.3 Å². The first-order chi connectivity index (χ1) is 14.5. The first kappa shape index (κ1) is 20.2. The fourth-order valence-electron chi connectivity index (χ4n) is 3.47. The standard InChI is InChI=1S/C23H23ClN4O2/c1-2-16-3-5-17(6-4-16)14-25-22(29)15-27-11-12-28-21(23(27)30)13-20(26-28)18-7-9-19(24)10-8-18/h3-10,13H,2,11-12,14-15H2,1H3,(H,25,29). The van der Waals surface area contributed by atoms with E-state index in [9.17, 15) is 9.59 Å². The lowest BCUT2D eigenvalue weighted by Crippen LogP contribution is -2.45. The zero-order valence-corrected chi connectivity index (χ0v) is 17.5. The maximum atomic E-state index is 12.9. The number of hydrogen-bond acceptors (Lipinski definition) is 3. The van der Waals surface area contributed by atoms with E-state index >= 15 is 0 Å². The van der Waals surface area contributed by atoms with Crippen LogP contribution >= 0.6 is 11.6 Å². The van der Waals surface area contributed by atoms with Gasteiger partial charge in [0.2, 0.25) is 5.91 Å². The molecule has 1 aliphatic rings. The third-order valence-corrected chi connectivity index (χ3v) is 5.52. The summed E-state index contributed by atoms with van der Waals surface area (Å²) in [7, 11) is 0. The molecular formula is C23H23ClN4O2. The van der Waals surface area contributed by atoms with Gasteiger partial charge in [0.1, 0.15) is 5.69 Å². The van der Waals surface area contributed by atoms with Gasteiger partial charge in [-0.15, -0.1) is 0 Å². The molecule has 1 aromatic heterocycles. The van der Waals surface area contributed by atoms with Crippen molar-refractivity contribution < 1.29 is 9.59 Å². The highest BCUT2D eigenvalue weighted by atomic mass is 35.5. The Morgan fingerprint density at radius 3 is 2.47 bits per heavy atom. The van der Waals surface area contributed by atoms with Gasteiger partial charge in [-0.05, 0) is 35.7 Å². The van der Waals surface area contributed by atoms with Crippen molar-refractivity contribution in [1.29, 1.82) is 0 Å². The third kappa shape index (κ3) is 4.39. The summed E-state index contributed by atoms with van der Waals surface area (Å²) in [5.41, 5.74) is 4.41. The fourth-order valence-corrected chi connectivity index (χ4v) is 3.60. The minimum absolute atomic E-state index is 0.0351. The van der Waals surface area contributed by atoms with Crippen molar-refractivity contribution in [2.45, 2.75) is 26.4 Å². The number of aryl methyl sites for hydroxylation is 1. The molecule has 30 heavy (non-hydrogen) atoms. The Labute approximate surface area is 180 Å². The van der Waals surface area contributed by atoms with Crippen LogP contribution in [0.2, 0.25) is 5.02 Å². The first-order valence-electron chi connectivity index (χ1n) is 10.0. The van der Waals surface area contributed by atoms with E-state index in [4.69, 9.17) is 11.6 Å². The van der Waals surface area contributed by atoms with Crippen molar-refractivity contribution in [1.82, 2.24) is 20.0 Å². The zero-order valence-electron chi connectivity index (χ0n) is 16.8. The number of halogens is 1. The SMILES string of the molecule is CCc1ccc(CNC(=O)CN2CCn3nc(-c4ccc(Cl)cc4)cc3C2=O)cc1. The van der Waals surface area contributed by atoms with Gasteiger partial charge in [-0.1, -0.05) is 54.9 Å². The highest BCUT2D eigenvalue weighted by molar-refractivity contribution is 6.30. The molecule has 0 spiro atoms. The van der Waals surface area contributed by atoms with Gasteiger partial charge in [-0.2, -0.15) is 5.10 Å². The second-order valence-electron chi connectivity index (χ2n) is 7.32. The summed E-state index contributed by atoms with van der Waals surface area (Å²) in [5, 5.41) is 8.08. The predicted octanol–water partition coefficient (Wildman–Crippen LogP) is 3.54. The van der Waals surface area contributed by atoms with Crippen LogP contribution in [0.4, 0.5) is 0 Å². The van der Waals surface area contributed by atoms with E-state index in [1.54, 1.807) is 27.8 Å². The average Bonchev–Trinajstić information content (AvgIpc) is 3.20. The molecule has 4 rings (SSSR count). The minimum atomic E-state index is -0.184. The van der Waals surface area contributed by atoms with Crippen LogP contribution in [0, 0.1) is 0 Å². The molecule has 0 fully saturated rings. The second kappa shape index (κ2) is 8.71. The molecule has 1 N–H and O–H groups in total. The van der Waals surface area contributed by atoms with Gasteiger partial charge in [0, 0.05) is 23.7 Å². The molecule has 7 heteroatoms. The summed E-state index contributed by atoms with van der Waals surface area (Å²) in [4.78, 5) is 26.8. The number of amides is 2. The largest absolute Gasteiger partial charge is 0.350 e. The van der Waals surface area contributed by atoms with Crippen LogP contribution in [-0.4, -0.2) is 39.6 Å². The molecule has 6 nitrogen and oxygen atoms in total. The summed E-state index contributed by atoms with van der Waals surface area (Å²) in [6.45, 7) is 3.60. The normalized spacial score (nSPS) is 13.3. The van der Waals surface area contributed by atoms with Gasteiger partial charge in [0.15, 0.2) is 0 Å². The number of benzene rings is 2. The highest BCUT2D eigenvalue weighted by Gasteiger charge is 2.28. The topological polar surface area (TPSA) is 67.2 Å². The molecule has 2 aromatic carbocycles. The number of aromatic nitrogens is 2. The second-order valence-corrected chi connectivity index (χ2v) is 7.75. The van der Waals surface area contributed by atoms with Crippen molar-refractivity contribution in [3.05, 3.63) is 76.4 Å². The van der Waals surface area contributed by atoms with Gasteiger partial charge < -0.3 is 10.2 Å². The zero-order chi connectivity index (χ0) is 21.1. The van der Waals surface area contributed by atoms with E-state index in [1.165, 1.54) is 5.56 Å². The maximum Gasteiger partial charge on any atom is 0.272 e. The van der Waals surface area contributed by atoms with Gasteiger partial charge >= 0.3 is 0 Å². The van der Waals surface area contributed by atoms with Gasteiger partial charge in [-0.3, -0.25) is 14.3 Å². The molecule has 2 amide bonds. The van der Waals surface area contributed by atoms with Crippen LogP contribution in [0.1, 0.15) is 28.5 Å². The Morgan fingerprint density at radius 1 is 1.07 bits per heavy atom. The van der Waals surface area contributed by atoms with Crippen LogP contribution in [0.25, 0.3) is 11.3 Å². The van der Waals surface area contributed by atoms with Crippen LogP contribution in [0.15, 0.2) is 54.6 Å². The van der Waals surface area contributed by atoms with Gasteiger partial charge in [0.05, 0.1) is 18.8 Å². The first-order valence-corrected chi connectivity index (χ1v) is 10.4. The summed E-state index contributed by atoms with van der Waals surface area (Å²) >= 11 is 5.94. The quantitative estimate of drug-likeness (QED) is 0.660. The number of rotatable bonds is 6. The van der Waals surface area contributed by atoms with E-state index in [2.05, 4.69) is 29.5 Å². The Balaban J connectivity index is 1.38. The summed E-state index contributed by atoms with van der Waals surface area (Å²) in [6, 6.07) is 17.3. The lowest BCUT2D eigenvalue weighted by Gasteiger charge is -2.26. The van der Waals surface area contributed by atoms with Crippen LogP contribution in [0.5, 0.6) is 0 Å². The lowest BCUT2D eigenvalue weighted by atomic mass is 10.1. The molecular weight excluding hydrogens is 400 g/mol. The average molecular weight is 423 g/mol. The van der Waals surface area contributed by atoms with Crippen LogP contribution in [0.3, 0.4) is 0 Å². The number of nitrogens with zero attached hydrogens (tertiary/aromatic N) is 3. The lowest BCUT2D eigenvalue weighted by molar-refractivity contribution is -0.122. The van der Waals surface area contributed by atoms with Gasteiger partial charge in [0.25, 0.3) is 5.91 Å². The maximum absolute atomic E-state index is 12.9. The summed E-state index contributed by atoms with van der Waals surface area (Å²) < 4.78 is 1.70. The van der Waals surface area contributed by atoms with E-state index in [1.807, 2.05) is 24.3 Å². The highest BCUT2D eigenvalue weighted by Crippen LogP contribution is 2.23. The van der Waals surface area contributed by atoms with E-state index < -0.39 is 0 Å².